The van der Waals surface area contributed by atoms with Crippen molar-refractivity contribution < 1.29 is 4.79 Å². The largest absolute Gasteiger partial charge is 0.333 e. The first-order valence-electron chi connectivity index (χ1n) is 8.72. The monoisotopic (exact) mass is 358 g/mol. The van der Waals surface area contributed by atoms with Crippen LogP contribution in [0.3, 0.4) is 0 Å². The molecule has 5 nitrogen and oxygen atoms in total. The molecule has 6 heteroatoms. The first kappa shape index (κ1) is 17.9. The Morgan fingerprint density at radius 1 is 1.08 bits per heavy atom. The lowest BCUT2D eigenvalue weighted by atomic mass is 10.1. The highest BCUT2D eigenvalue weighted by molar-refractivity contribution is 7.10. The maximum Gasteiger partial charge on any atom is 0.319 e. The molecule has 2 heterocycles. The van der Waals surface area contributed by atoms with Crippen LogP contribution in [0.5, 0.6) is 0 Å². The third-order valence-electron chi connectivity index (χ3n) is 4.63. The van der Waals surface area contributed by atoms with E-state index in [9.17, 15) is 4.79 Å². The molecule has 0 saturated carbocycles. The maximum absolute atomic E-state index is 12.4. The highest BCUT2D eigenvalue weighted by atomic mass is 32.1. The van der Waals surface area contributed by atoms with Gasteiger partial charge in [-0.15, -0.1) is 11.3 Å². The van der Waals surface area contributed by atoms with E-state index in [-0.39, 0.29) is 18.1 Å². The molecular formula is C19H26N4OS. The van der Waals surface area contributed by atoms with Crippen LogP contribution in [-0.4, -0.2) is 55.1 Å². The second kappa shape index (κ2) is 8.47. The Morgan fingerprint density at radius 3 is 2.44 bits per heavy atom. The predicted octanol–water partition coefficient (Wildman–Crippen LogP) is 3.25. The Morgan fingerprint density at radius 2 is 1.80 bits per heavy atom. The zero-order valence-electron chi connectivity index (χ0n) is 14.8. The van der Waals surface area contributed by atoms with Gasteiger partial charge in [-0.1, -0.05) is 24.3 Å². The molecule has 1 aliphatic heterocycles. The Bertz CT molecular complexity index is 653. The Hall–Kier alpha value is -1.89. The Labute approximate surface area is 153 Å². The molecule has 0 spiro atoms. The molecule has 1 aliphatic rings. The van der Waals surface area contributed by atoms with Crippen molar-refractivity contribution in [1.29, 1.82) is 0 Å². The van der Waals surface area contributed by atoms with Crippen LogP contribution in [0.4, 0.5) is 10.5 Å². The second-order valence-electron chi connectivity index (χ2n) is 6.55. The smallest absolute Gasteiger partial charge is 0.319 e. The number of anilines is 1. The van der Waals surface area contributed by atoms with Crippen molar-refractivity contribution in [3.63, 3.8) is 0 Å². The SMILES string of the molecule is C[C@H](NC(=O)Nc1ccccc1)[C@@H](c1cccs1)N1CCN(C)CC1. The molecule has 0 aliphatic carbocycles. The molecule has 0 unspecified atom stereocenters. The predicted molar refractivity (Wildman–Crippen MR) is 104 cm³/mol. The van der Waals surface area contributed by atoms with Crippen LogP contribution in [0.15, 0.2) is 47.8 Å². The molecule has 134 valence electrons. The fraction of sp³-hybridized carbons (Fsp3) is 0.421. The van der Waals surface area contributed by atoms with Crippen LogP contribution in [0, 0.1) is 0 Å². The number of rotatable bonds is 5. The molecule has 2 amide bonds. The van der Waals surface area contributed by atoms with Gasteiger partial charge in [0, 0.05) is 42.8 Å². The Balaban J connectivity index is 1.66. The fourth-order valence-electron chi connectivity index (χ4n) is 3.28. The topological polar surface area (TPSA) is 47.6 Å². The summed E-state index contributed by atoms with van der Waals surface area (Å²) < 4.78 is 0. The number of urea groups is 1. The van der Waals surface area contributed by atoms with Crippen molar-refractivity contribution in [3.8, 4) is 0 Å². The number of benzene rings is 1. The third kappa shape index (κ3) is 4.81. The van der Waals surface area contributed by atoms with E-state index in [4.69, 9.17) is 0 Å². The van der Waals surface area contributed by atoms with E-state index in [1.807, 2.05) is 30.3 Å². The molecule has 1 saturated heterocycles. The van der Waals surface area contributed by atoms with E-state index in [1.165, 1.54) is 4.88 Å². The van der Waals surface area contributed by atoms with Gasteiger partial charge in [0.25, 0.3) is 0 Å². The van der Waals surface area contributed by atoms with E-state index >= 15 is 0 Å². The highest BCUT2D eigenvalue weighted by Crippen LogP contribution is 2.29. The summed E-state index contributed by atoms with van der Waals surface area (Å²) in [5.41, 5.74) is 0.805. The van der Waals surface area contributed by atoms with Gasteiger partial charge in [0.2, 0.25) is 0 Å². The maximum atomic E-state index is 12.4. The standard InChI is InChI=1S/C19H26N4OS/c1-15(20-19(24)21-16-7-4-3-5-8-16)18(17-9-6-14-25-17)23-12-10-22(2)11-13-23/h3-9,14-15,18H,10-13H2,1-2H3,(H2,20,21,24)/t15-,18-/m0/s1. The van der Waals surface area contributed by atoms with Gasteiger partial charge >= 0.3 is 6.03 Å². The minimum absolute atomic E-state index is 0.0192. The summed E-state index contributed by atoms with van der Waals surface area (Å²) in [6, 6.07) is 13.9. The molecule has 2 aromatic rings. The van der Waals surface area contributed by atoms with Crippen molar-refractivity contribution >= 4 is 23.1 Å². The quantitative estimate of drug-likeness (QED) is 0.863. The first-order chi connectivity index (χ1) is 12.1. The number of para-hydroxylation sites is 1. The van der Waals surface area contributed by atoms with Gasteiger partial charge in [-0.25, -0.2) is 4.79 Å². The van der Waals surface area contributed by atoms with Crippen LogP contribution < -0.4 is 10.6 Å². The molecule has 2 atom stereocenters. The summed E-state index contributed by atoms with van der Waals surface area (Å²) in [7, 11) is 2.16. The number of nitrogens with zero attached hydrogens (tertiary/aromatic N) is 2. The van der Waals surface area contributed by atoms with E-state index in [0.29, 0.717) is 0 Å². The summed E-state index contributed by atoms with van der Waals surface area (Å²) in [5, 5.41) is 8.14. The number of hydrogen-bond donors (Lipinski definition) is 2. The average molecular weight is 359 g/mol. The van der Waals surface area contributed by atoms with Crippen molar-refractivity contribution in [2.24, 2.45) is 0 Å². The molecule has 1 aromatic heterocycles. The summed E-state index contributed by atoms with van der Waals surface area (Å²) >= 11 is 1.76. The van der Waals surface area contributed by atoms with Crippen LogP contribution in [0.1, 0.15) is 17.8 Å². The van der Waals surface area contributed by atoms with Crippen LogP contribution in [0.2, 0.25) is 0 Å². The molecule has 0 radical (unpaired) electrons. The molecule has 3 rings (SSSR count). The van der Waals surface area contributed by atoms with Gasteiger partial charge in [-0.3, -0.25) is 4.90 Å². The van der Waals surface area contributed by atoms with Crippen LogP contribution in [0.25, 0.3) is 0 Å². The zero-order chi connectivity index (χ0) is 17.6. The molecular weight excluding hydrogens is 332 g/mol. The Kier molecular flexibility index (Phi) is 6.07. The number of amides is 2. The summed E-state index contributed by atoms with van der Waals surface area (Å²) in [5.74, 6) is 0. The minimum atomic E-state index is -0.158. The lowest BCUT2D eigenvalue weighted by molar-refractivity contribution is 0.0971. The van der Waals surface area contributed by atoms with Crippen molar-refractivity contribution in [2.75, 3.05) is 38.5 Å². The van der Waals surface area contributed by atoms with Crippen molar-refractivity contribution in [1.82, 2.24) is 15.1 Å². The summed E-state index contributed by atoms with van der Waals surface area (Å²) in [6.45, 7) is 6.25. The average Bonchev–Trinajstić information content (AvgIpc) is 3.11. The van der Waals surface area contributed by atoms with E-state index < -0.39 is 0 Å². The fourth-order valence-corrected chi connectivity index (χ4v) is 4.24. The van der Waals surface area contributed by atoms with Crippen LogP contribution in [-0.2, 0) is 0 Å². The highest BCUT2D eigenvalue weighted by Gasteiger charge is 2.30. The van der Waals surface area contributed by atoms with E-state index in [1.54, 1.807) is 11.3 Å². The molecule has 2 N–H and O–H groups in total. The summed E-state index contributed by atoms with van der Waals surface area (Å²) in [6.07, 6.45) is 0. The van der Waals surface area contributed by atoms with E-state index in [2.05, 4.69) is 51.9 Å². The number of piperazine rings is 1. The second-order valence-corrected chi connectivity index (χ2v) is 7.53. The molecule has 1 fully saturated rings. The van der Waals surface area contributed by atoms with Gasteiger partial charge in [-0.05, 0) is 37.6 Å². The van der Waals surface area contributed by atoms with Gasteiger partial charge < -0.3 is 15.5 Å². The van der Waals surface area contributed by atoms with E-state index in [0.717, 1.165) is 31.9 Å². The van der Waals surface area contributed by atoms with Gasteiger partial charge in [-0.2, -0.15) is 0 Å². The number of hydrogen-bond acceptors (Lipinski definition) is 4. The lowest BCUT2D eigenvalue weighted by Crippen LogP contribution is -2.51. The summed E-state index contributed by atoms with van der Waals surface area (Å²) in [4.78, 5) is 18.5. The minimum Gasteiger partial charge on any atom is -0.333 e. The molecule has 0 bridgehead atoms. The van der Waals surface area contributed by atoms with Crippen molar-refractivity contribution in [3.05, 3.63) is 52.7 Å². The lowest BCUT2D eigenvalue weighted by Gasteiger charge is -2.40. The zero-order valence-corrected chi connectivity index (χ0v) is 15.6. The molecule has 25 heavy (non-hydrogen) atoms. The molecule has 1 aromatic carbocycles. The van der Waals surface area contributed by atoms with Gasteiger partial charge in [0.15, 0.2) is 0 Å². The number of thiophene rings is 1. The normalized spacial score (nSPS) is 18.5. The van der Waals surface area contributed by atoms with Gasteiger partial charge in [0.1, 0.15) is 0 Å². The van der Waals surface area contributed by atoms with Gasteiger partial charge in [0.05, 0.1) is 6.04 Å². The number of likely N-dealkylation sites (N-methyl/N-ethyl adjacent to an activating group) is 1. The number of carbonyl (C=O) groups excluding carboxylic acids is 1. The third-order valence-corrected chi connectivity index (χ3v) is 5.57. The first-order valence-corrected chi connectivity index (χ1v) is 9.60. The number of carbonyl (C=O) groups is 1. The van der Waals surface area contributed by atoms with Crippen LogP contribution >= 0.6 is 11.3 Å². The van der Waals surface area contributed by atoms with Crippen molar-refractivity contribution in [2.45, 2.75) is 19.0 Å². The number of nitrogens with one attached hydrogen (secondary N) is 2.